The fraction of sp³-hybridized carbons (Fsp3) is 0.111. The number of amides is 1. The molecule has 0 bridgehead atoms. The molecule has 0 radical (unpaired) electrons. The van der Waals surface area contributed by atoms with Gasteiger partial charge >= 0.3 is 5.97 Å². The van der Waals surface area contributed by atoms with Crippen molar-refractivity contribution < 1.29 is 19.2 Å². The van der Waals surface area contributed by atoms with Gasteiger partial charge in [0, 0.05) is 41.8 Å². The molecule has 0 aliphatic heterocycles. The molecule has 26 heavy (non-hydrogen) atoms. The third kappa shape index (κ3) is 3.86. The number of nitro benzene ring substituents is 1. The number of ether oxygens (including phenoxy) is 1. The molecule has 3 rings (SSSR count). The summed E-state index contributed by atoms with van der Waals surface area (Å²) in [7, 11) is 0. The van der Waals surface area contributed by atoms with Gasteiger partial charge in [0.1, 0.15) is 12.3 Å². The Morgan fingerprint density at radius 3 is 2.54 bits per heavy atom. The molecule has 1 N–H and O–H groups in total. The Labute approximate surface area is 148 Å². The van der Waals surface area contributed by atoms with Crippen molar-refractivity contribution in [3.05, 3.63) is 64.8 Å². The molecule has 0 saturated carbocycles. The zero-order valence-electron chi connectivity index (χ0n) is 13.8. The molecular formula is C18H15N3O5. The molecule has 8 heteroatoms. The second-order valence-corrected chi connectivity index (χ2v) is 5.62. The van der Waals surface area contributed by atoms with Crippen LogP contribution in [0, 0.1) is 10.1 Å². The highest BCUT2D eigenvalue weighted by atomic mass is 16.6. The van der Waals surface area contributed by atoms with Crippen molar-refractivity contribution in [2.45, 2.75) is 13.5 Å². The van der Waals surface area contributed by atoms with E-state index in [4.69, 9.17) is 4.74 Å². The van der Waals surface area contributed by atoms with Gasteiger partial charge in [0.05, 0.1) is 4.92 Å². The maximum atomic E-state index is 12.1. The Morgan fingerprint density at radius 2 is 1.88 bits per heavy atom. The van der Waals surface area contributed by atoms with E-state index in [-0.39, 0.29) is 18.1 Å². The first-order valence-corrected chi connectivity index (χ1v) is 7.74. The van der Waals surface area contributed by atoms with Crippen LogP contribution in [0.15, 0.2) is 54.7 Å². The Kier molecular flexibility index (Phi) is 4.66. The van der Waals surface area contributed by atoms with Gasteiger partial charge in [0.25, 0.3) is 5.69 Å². The zero-order valence-corrected chi connectivity index (χ0v) is 13.8. The van der Waals surface area contributed by atoms with Gasteiger partial charge in [0.15, 0.2) is 0 Å². The maximum absolute atomic E-state index is 12.1. The number of carbonyl (C=O) groups is 2. The first-order chi connectivity index (χ1) is 12.4. The molecule has 0 spiro atoms. The number of hydrogen-bond acceptors (Lipinski definition) is 5. The van der Waals surface area contributed by atoms with Gasteiger partial charge in [0.2, 0.25) is 5.91 Å². The van der Waals surface area contributed by atoms with Crippen LogP contribution in [0.5, 0.6) is 5.75 Å². The van der Waals surface area contributed by atoms with Crippen molar-refractivity contribution in [1.29, 1.82) is 0 Å². The zero-order chi connectivity index (χ0) is 18.7. The maximum Gasteiger partial charge on any atom is 0.331 e. The van der Waals surface area contributed by atoms with Crippen LogP contribution in [0.2, 0.25) is 0 Å². The summed E-state index contributed by atoms with van der Waals surface area (Å²) in [6, 6.07) is 12.6. The Hall–Kier alpha value is -3.68. The van der Waals surface area contributed by atoms with Crippen molar-refractivity contribution >= 4 is 34.2 Å². The summed E-state index contributed by atoms with van der Waals surface area (Å²) in [4.78, 5) is 33.5. The van der Waals surface area contributed by atoms with Crippen LogP contribution >= 0.6 is 0 Å². The Balaban J connectivity index is 1.69. The lowest BCUT2D eigenvalue weighted by Gasteiger charge is -2.08. The number of fused-ring (bicyclic) bond motifs is 1. The van der Waals surface area contributed by atoms with Crippen LogP contribution in [0.25, 0.3) is 10.9 Å². The van der Waals surface area contributed by atoms with Crippen LogP contribution < -0.4 is 10.1 Å². The minimum atomic E-state index is -0.479. The number of nitrogens with one attached hydrogen (secondary N) is 1. The van der Waals surface area contributed by atoms with Crippen molar-refractivity contribution in [3.8, 4) is 5.75 Å². The van der Waals surface area contributed by atoms with Gasteiger partial charge in [-0.2, -0.15) is 0 Å². The molecule has 1 amide bonds. The lowest BCUT2D eigenvalue weighted by Crippen LogP contribution is -2.15. The van der Waals surface area contributed by atoms with E-state index in [0.717, 1.165) is 0 Å². The average molecular weight is 353 g/mol. The van der Waals surface area contributed by atoms with Crippen molar-refractivity contribution in [1.82, 2.24) is 4.57 Å². The topological polar surface area (TPSA) is 103 Å². The van der Waals surface area contributed by atoms with E-state index in [2.05, 4.69) is 5.32 Å². The van der Waals surface area contributed by atoms with E-state index >= 15 is 0 Å². The van der Waals surface area contributed by atoms with Gasteiger partial charge in [-0.05, 0) is 36.4 Å². The molecule has 1 aromatic heterocycles. The first kappa shape index (κ1) is 17.2. The van der Waals surface area contributed by atoms with Crippen molar-refractivity contribution in [2.75, 3.05) is 5.32 Å². The number of nitro groups is 1. The fourth-order valence-corrected chi connectivity index (χ4v) is 2.55. The molecule has 132 valence electrons. The molecule has 0 fully saturated rings. The van der Waals surface area contributed by atoms with E-state index in [1.807, 2.05) is 0 Å². The number of esters is 1. The minimum absolute atomic E-state index is 0.00270. The number of rotatable bonds is 5. The third-order valence-corrected chi connectivity index (χ3v) is 3.67. The second kappa shape index (κ2) is 7.06. The van der Waals surface area contributed by atoms with Crippen molar-refractivity contribution in [2.24, 2.45) is 0 Å². The summed E-state index contributed by atoms with van der Waals surface area (Å²) < 4.78 is 6.94. The van der Waals surface area contributed by atoms with E-state index in [1.54, 1.807) is 47.2 Å². The summed E-state index contributed by atoms with van der Waals surface area (Å²) >= 11 is 0. The monoisotopic (exact) mass is 353 g/mol. The van der Waals surface area contributed by atoms with Crippen LogP contribution in [0.3, 0.4) is 0 Å². The van der Waals surface area contributed by atoms with E-state index < -0.39 is 10.9 Å². The summed E-state index contributed by atoms with van der Waals surface area (Å²) in [5.41, 5.74) is 1.31. The summed E-state index contributed by atoms with van der Waals surface area (Å²) in [5, 5.41) is 14.1. The van der Waals surface area contributed by atoms with Crippen molar-refractivity contribution in [3.63, 3.8) is 0 Å². The number of aromatic nitrogens is 1. The first-order valence-electron chi connectivity index (χ1n) is 7.74. The molecule has 8 nitrogen and oxygen atoms in total. The number of benzene rings is 2. The second-order valence-electron chi connectivity index (χ2n) is 5.62. The molecule has 0 unspecified atom stereocenters. The number of anilines is 1. The fourth-order valence-electron chi connectivity index (χ4n) is 2.55. The van der Waals surface area contributed by atoms with Gasteiger partial charge in [-0.15, -0.1) is 0 Å². The van der Waals surface area contributed by atoms with Gasteiger partial charge in [-0.1, -0.05) is 0 Å². The highest BCUT2D eigenvalue weighted by Gasteiger charge is 2.12. The molecule has 1 heterocycles. The number of carbonyl (C=O) groups excluding carboxylic acids is 2. The minimum Gasteiger partial charge on any atom is -0.425 e. The SMILES string of the molecule is CC(=O)Nc1ccc(OC(=O)Cn2ccc3cc([N+](=O)[O-])ccc32)cc1. The van der Waals surface area contributed by atoms with Crippen LogP contribution in [-0.2, 0) is 16.1 Å². The van der Waals surface area contributed by atoms with E-state index in [1.165, 1.54) is 19.1 Å². The van der Waals surface area contributed by atoms with E-state index in [9.17, 15) is 19.7 Å². The quantitative estimate of drug-likeness (QED) is 0.328. The molecule has 0 saturated heterocycles. The molecule has 0 atom stereocenters. The number of non-ortho nitro benzene ring substituents is 1. The predicted molar refractivity (Wildman–Crippen MR) is 95.0 cm³/mol. The summed E-state index contributed by atoms with van der Waals surface area (Å²) in [6.07, 6.45) is 1.68. The normalized spacial score (nSPS) is 10.5. The average Bonchev–Trinajstić information content (AvgIpc) is 2.98. The van der Waals surface area contributed by atoms with Gasteiger partial charge in [-0.25, -0.2) is 4.79 Å². The highest BCUT2D eigenvalue weighted by Crippen LogP contribution is 2.22. The van der Waals surface area contributed by atoms with Gasteiger partial charge < -0.3 is 14.6 Å². The summed E-state index contributed by atoms with van der Waals surface area (Å²) in [6.45, 7) is 1.37. The smallest absolute Gasteiger partial charge is 0.331 e. The van der Waals surface area contributed by atoms with Crippen LogP contribution in [0.1, 0.15) is 6.92 Å². The van der Waals surface area contributed by atoms with E-state index in [0.29, 0.717) is 22.3 Å². The standard InChI is InChI=1S/C18H15N3O5/c1-12(22)19-14-2-5-16(6-3-14)26-18(23)11-20-9-8-13-10-15(21(24)25)4-7-17(13)20/h2-10H,11H2,1H3,(H,19,22). The van der Waals surface area contributed by atoms with Crippen LogP contribution in [-0.4, -0.2) is 21.4 Å². The lowest BCUT2D eigenvalue weighted by atomic mass is 10.2. The lowest BCUT2D eigenvalue weighted by molar-refractivity contribution is -0.384. The Morgan fingerprint density at radius 1 is 1.15 bits per heavy atom. The number of hydrogen-bond donors (Lipinski definition) is 1. The predicted octanol–water partition coefficient (Wildman–Crippen LogP) is 3.11. The molecular weight excluding hydrogens is 338 g/mol. The van der Waals surface area contributed by atoms with Gasteiger partial charge in [-0.3, -0.25) is 14.9 Å². The molecule has 0 aliphatic carbocycles. The Bertz CT molecular complexity index is 992. The van der Waals surface area contributed by atoms with Crippen LogP contribution in [0.4, 0.5) is 11.4 Å². The molecule has 0 aliphatic rings. The highest BCUT2D eigenvalue weighted by molar-refractivity contribution is 5.88. The molecule has 2 aromatic carbocycles. The number of nitrogens with zero attached hydrogens (tertiary/aromatic N) is 2. The summed E-state index contributed by atoms with van der Waals surface area (Å²) in [5.74, 6) is -0.307. The molecule has 3 aromatic rings. The largest absolute Gasteiger partial charge is 0.425 e. The third-order valence-electron chi connectivity index (χ3n) is 3.67.